The molecule has 0 aromatic carbocycles. The molecule has 0 amide bonds. The number of rotatable bonds is 2. The third kappa shape index (κ3) is 3.11. The van der Waals surface area contributed by atoms with Crippen LogP contribution in [-0.4, -0.2) is 24.3 Å². The normalized spacial score (nSPS) is 37.2. The lowest BCUT2D eigenvalue weighted by molar-refractivity contribution is -0.0229. The van der Waals surface area contributed by atoms with Crippen LogP contribution in [0.2, 0.25) is 0 Å². The highest BCUT2D eigenvalue weighted by atomic mass is 16.5. The van der Waals surface area contributed by atoms with Crippen LogP contribution in [-0.2, 0) is 4.74 Å². The van der Waals surface area contributed by atoms with E-state index in [1.807, 2.05) is 0 Å². The van der Waals surface area contributed by atoms with Gasteiger partial charge in [-0.15, -0.1) is 0 Å². The Bertz CT molecular complexity index is 123. The van der Waals surface area contributed by atoms with Crippen LogP contribution in [0, 0.1) is 0 Å². The predicted molar refractivity (Wildman–Crippen MR) is 51.3 cm³/mol. The van der Waals surface area contributed by atoms with Crippen LogP contribution in [0.3, 0.4) is 0 Å². The Hall–Kier alpha value is -0.0800. The Morgan fingerprint density at radius 1 is 1.17 bits per heavy atom. The van der Waals surface area contributed by atoms with Crippen molar-refractivity contribution >= 4 is 0 Å². The number of nitrogens with one attached hydrogen (secondary N) is 1. The van der Waals surface area contributed by atoms with Gasteiger partial charge in [0.2, 0.25) is 0 Å². The summed E-state index contributed by atoms with van der Waals surface area (Å²) in [5, 5.41) is 3.50. The molecule has 1 heterocycles. The van der Waals surface area contributed by atoms with Gasteiger partial charge in [0.15, 0.2) is 0 Å². The fourth-order valence-electron chi connectivity index (χ4n) is 2.00. The van der Waals surface area contributed by atoms with E-state index >= 15 is 0 Å². The molecule has 0 bridgehead atoms. The van der Waals surface area contributed by atoms with Gasteiger partial charge in [0, 0.05) is 12.1 Å². The standard InChI is InChI=1S/C10H21NO/c1-7(2)12-10-5-8(3)11-9(4)6-10/h7-11H,5-6H2,1-4H3. The van der Waals surface area contributed by atoms with E-state index in [0.29, 0.717) is 24.3 Å². The molecule has 2 unspecified atom stereocenters. The predicted octanol–water partition coefficient (Wildman–Crippen LogP) is 1.94. The van der Waals surface area contributed by atoms with Gasteiger partial charge >= 0.3 is 0 Å². The van der Waals surface area contributed by atoms with E-state index in [-0.39, 0.29) is 0 Å². The molecule has 1 aliphatic heterocycles. The van der Waals surface area contributed by atoms with Crippen molar-refractivity contribution in [3.63, 3.8) is 0 Å². The zero-order valence-electron chi connectivity index (χ0n) is 8.63. The fraction of sp³-hybridized carbons (Fsp3) is 1.00. The Morgan fingerprint density at radius 3 is 2.08 bits per heavy atom. The SMILES string of the molecule is CC1CC(OC(C)C)CC(C)N1. The van der Waals surface area contributed by atoms with E-state index in [9.17, 15) is 0 Å². The largest absolute Gasteiger partial charge is 0.375 e. The number of piperidine rings is 1. The summed E-state index contributed by atoms with van der Waals surface area (Å²) in [5.74, 6) is 0. The minimum atomic E-state index is 0.368. The van der Waals surface area contributed by atoms with Gasteiger partial charge in [-0.05, 0) is 40.5 Å². The van der Waals surface area contributed by atoms with Crippen molar-refractivity contribution in [1.29, 1.82) is 0 Å². The molecule has 72 valence electrons. The van der Waals surface area contributed by atoms with Gasteiger partial charge in [-0.25, -0.2) is 0 Å². The highest BCUT2D eigenvalue weighted by Crippen LogP contribution is 2.17. The zero-order chi connectivity index (χ0) is 9.14. The lowest BCUT2D eigenvalue weighted by Gasteiger charge is -2.33. The first-order valence-corrected chi connectivity index (χ1v) is 4.99. The molecule has 0 aliphatic carbocycles. The minimum absolute atomic E-state index is 0.368. The van der Waals surface area contributed by atoms with E-state index in [0.717, 1.165) is 12.8 Å². The van der Waals surface area contributed by atoms with Crippen molar-refractivity contribution < 1.29 is 4.74 Å². The van der Waals surface area contributed by atoms with Crippen LogP contribution in [0.15, 0.2) is 0 Å². The molecule has 0 aromatic rings. The van der Waals surface area contributed by atoms with E-state index in [1.165, 1.54) is 0 Å². The van der Waals surface area contributed by atoms with Crippen molar-refractivity contribution in [3.05, 3.63) is 0 Å². The molecule has 2 nitrogen and oxygen atoms in total. The number of hydrogen-bond donors (Lipinski definition) is 1. The first kappa shape index (κ1) is 10.0. The van der Waals surface area contributed by atoms with Crippen molar-refractivity contribution in [3.8, 4) is 0 Å². The first-order chi connectivity index (χ1) is 5.58. The lowest BCUT2D eigenvalue weighted by Crippen LogP contribution is -2.45. The first-order valence-electron chi connectivity index (χ1n) is 4.99. The van der Waals surface area contributed by atoms with Crippen LogP contribution in [0.25, 0.3) is 0 Å². The number of ether oxygens (including phenoxy) is 1. The molecule has 1 aliphatic rings. The number of hydrogen-bond acceptors (Lipinski definition) is 2. The van der Waals surface area contributed by atoms with Gasteiger partial charge in [-0.2, -0.15) is 0 Å². The summed E-state index contributed by atoms with van der Waals surface area (Å²) in [7, 11) is 0. The fourth-order valence-corrected chi connectivity index (χ4v) is 2.00. The third-order valence-corrected chi connectivity index (χ3v) is 2.27. The monoisotopic (exact) mass is 171 g/mol. The molecule has 0 saturated carbocycles. The van der Waals surface area contributed by atoms with Crippen molar-refractivity contribution in [1.82, 2.24) is 5.32 Å². The topological polar surface area (TPSA) is 21.3 Å². The molecule has 12 heavy (non-hydrogen) atoms. The Morgan fingerprint density at radius 2 is 1.67 bits per heavy atom. The maximum atomic E-state index is 5.79. The molecule has 2 heteroatoms. The van der Waals surface area contributed by atoms with E-state index in [4.69, 9.17) is 4.74 Å². The van der Waals surface area contributed by atoms with Gasteiger partial charge < -0.3 is 10.1 Å². The van der Waals surface area contributed by atoms with Crippen molar-refractivity contribution in [2.24, 2.45) is 0 Å². The second-order valence-electron chi connectivity index (χ2n) is 4.25. The summed E-state index contributed by atoms with van der Waals surface area (Å²) in [6.45, 7) is 8.67. The Kier molecular flexibility index (Phi) is 3.53. The zero-order valence-corrected chi connectivity index (χ0v) is 8.63. The van der Waals surface area contributed by atoms with Crippen molar-refractivity contribution in [2.75, 3.05) is 0 Å². The highest BCUT2D eigenvalue weighted by Gasteiger charge is 2.23. The van der Waals surface area contributed by atoms with E-state index < -0.39 is 0 Å². The van der Waals surface area contributed by atoms with Gasteiger partial charge in [0.1, 0.15) is 0 Å². The molecule has 0 spiro atoms. The molecule has 2 atom stereocenters. The Labute approximate surface area is 75.7 Å². The van der Waals surface area contributed by atoms with Crippen LogP contribution in [0.1, 0.15) is 40.5 Å². The third-order valence-electron chi connectivity index (χ3n) is 2.27. The Balaban J connectivity index is 2.34. The summed E-state index contributed by atoms with van der Waals surface area (Å²) < 4.78 is 5.79. The average molecular weight is 171 g/mol. The van der Waals surface area contributed by atoms with Gasteiger partial charge in [0.05, 0.1) is 12.2 Å². The lowest BCUT2D eigenvalue weighted by atomic mass is 9.97. The maximum Gasteiger partial charge on any atom is 0.0608 e. The molecule has 1 rings (SSSR count). The molecule has 1 N–H and O–H groups in total. The maximum absolute atomic E-state index is 5.79. The van der Waals surface area contributed by atoms with E-state index in [2.05, 4.69) is 33.0 Å². The van der Waals surface area contributed by atoms with Crippen LogP contribution in [0.4, 0.5) is 0 Å². The molecule has 0 radical (unpaired) electrons. The van der Waals surface area contributed by atoms with Gasteiger partial charge in [-0.1, -0.05) is 0 Å². The molecule has 1 fully saturated rings. The second kappa shape index (κ2) is 4.24. The summed E-state index contributed by atoms with van der Waals surface area (Å²) in [4.78, 5) is 0. The van der Waals surface area contributed by atoms with E-state index in [1.54, 1.807) is 0 Å². The van der Waals surface area contributed by atoms with Crippen LogP contribution >= 0.6 is 0 Å². The van der Waals surface area contributed by atoms with Crippen LogP contribution < -0.4 is 5.32 Å². The summed E-state index contributed by atoms with van der Waals surface area (Å²) in [5.41, 5.74) is 0. The molecular formula is C10H21NO. The summed E-state index contributed by atoms with van der Waals surface area (Å²) in [6, 6.07) is 1.22. The second-order valence-corrected chi connectivity index (χ2v) is 4.25. The smallest absolute Gasteiger partial charge is 0.0608 e. The highest BCUT2D eigenvalue weighted by molar-refractivity contribution is 4.81. The molecular weight excluding hydrogens is 150 g/mol. The minimum Gasteiger partial charge on any atom is -0.375 e. The molecule has 0 aromatic heterocycles. The average Bonchev–Trinajstić information content (AvgIpc) is 1.81. The summed E-state index contributed by atoms with van der Waals surface area (Å²) in [6.07, 6.45) is 3.15. The van der Waals surface area contributed by atoms with Gasteiger partial charge in [0.25, 0.3) is 0 Å². The molecule has 1 saturated heterocycles. The van der Waals surface area contributed by atoms with Crippen molar-refractivity contribution in [2.45, 2.75) is 64.8 Å². The van der Waals surface area contributed by atoms with Crippen LogP contribution in [0.5, 0.6) is 0 Å². The summed E-state index contributed by atoms with van der Waals surface area (Å²) >= 11 is 0. The van der Waals surface area contributed by atoms with Gasteiger partial charge in [-0.3, -0.25) is 0 Å². The quantitative estimate of drug-likeness (QED) is 0.685.